The first-order valence-corrected chi connectivity index (χ1v) is 13.4. The van der Waals surface area contributed by atoms with E-state index in [2.05, 4.69) is 10.6 Å². The van der Waals surface area contributed by atoms with Gasteiger partial charge in [-0.05, 0) is 66.8 Å². The van der Waals surface area contributed by atoms with Crippen LogP contribution in [0.15, 0.2) is 89.3 Å². The second kappa shape index (κ2) is 11.5. The summed E-state index contributed by atoms with van der Waals surface area (Å²) in [6, 6.07) is 20.3. The molecular formula is C32H31ClN2O5. The number of carbonyl (C=O) groups excluding carboxylic acids is 2. The number of halogens is 1. The van der Waals surface area contributed by atoms with Crippen LogP contribution in [0.25, 0.3) is 0 Å². The third kappa shape index (κ3) is 5.17. The Hall–Kier alpha value is -4.23. The summed E-state index contributed by atoms with van der Waals surface area (Å²) in [5, 5.41) is 6.99. The molecule has 0 aromatic heterocycles. The number of nitrogens with one attached hydrogen (secondary N) is 2. The Morgan fingerprint density at radius 1 is 0.875 bits per heavy atom. The SMILES string of the molecule is COc1ccccc1NC(=O)C1=C(C)NC2=C(C(=O)C[C@H](c3ccc(OC)c(OC)c3)C2)[C@@H]1c1ccc(Cl)cc1. The highest BCUT2D eigenvalue weighted by Gasteiger charge is 2.41. The Morgan fingerprint density at radius 2 is 1.55 bits per heavy atom. The van der Waals surface area contributed by atoms with Crippen molar-refractivity contribution in [2.24, 2.45) is 0 Å². The van der Waals surface area contributed by atoms with Gasteiger partial charge >= 0.3 is 0 Å². The Balaban J connectivity index is 1.54. The van der Waals surface area contributed by atoms with Crippen LogP contribution in [0.3, 0.4) is 0 Å². The number of Topliss-reactive ketones (excluding diaryl/α,β-unsaturated/α-hetero) is 1. The van der Waals surface area contributed by atoms with Crippen LogP contribution in [-0.2, 0) is 9.59 Å². The van der Waals surface area contributed by atoms with Crippen molar-refractivity contribution in [2.75, 3.05) is 26.6 Å². The average molecular weight is 559 g/mol. The third-order valence-corrected chi connectivity index (χ3v) is 7.76. The zero-order chi connectivity index (χ0) is 28.4. The summed E-state index contributed by atoms with van der Waals surface area (Å²) >= 11 is 6.20. The number of hydrogen-bond donors (Lipinski definition) is 2. The second-order valence-corrected chi connectivity index (χ2v) is 10.3. The summed E-state index contributed by atoms with van der Waals surface area (Å²) in [5.41, 5.74) is 4.95. The minimum atomic E-state index is -0.554. The van der Waals surface area contributed by atoms with Gasteiger partial charge in [-0.2, -0.15) is 0 Å². The molecule has 0 bridgehead atoms. The van der Waals surface area contributed by atoms with Crippen LogP contribution in [0.1, 0.15) is 42.7 Å². The Labute approximate surface area is 238 Å². The highest BCUT2D eigenvalue weighted by atomic mass is 35.5. The average Bonchev–Trinajstić information content (AvgIpc) is 2.96. The number of anilines is 1. The first-order chi connectivity index (χ1) is 19.3. The molecule has 0 spiro atoms. The van der Waals surface area contributed by atoms with Crippen molar-refractivity contribution in [1.29, 1.82) is 0 Å². The number of dihydropyridines is 1. The zero-order valence-electron chi connectivity index (χ0n) is 22.8. The maximum Gasteiger partial charge on any atom is 0.254 e. The van der Waals surface area contributed by atoms with Gasteiger partial charge in [0, 0.05) is 39.9 Å². The topological polar surface area (TPSA) is 85.9 Å². The number of amides is 1. The van der Waals surface area contributed by atoms with Crippen LogP contribution in [0.5, 0.6) is 17.2 Å². The van der Waals surface area contributed by atoms with Gasteiger partial charge in [-0.1, -0.05) is 41.9 Å². The lowest BCUT2D eigenvalue weighted by molar-refractivity contribution is -0.116. The number of ketones is 1. The third-order valence-electron chi connectivity index (χ3n) is 7.51. The Morgan fingerprint density at radius 3 is 2.25 bits per heavy atom. The minimum absolute atomic E-state index is 0.0106. The van der Waals surface area contributed by atoms with Crippen molar-refractivity contribution >= 4 is 29.0 Å². The van der Waals surface area contributed by atoms with Crippen molar-refractivity contribution in [3.63, 3.8) is 0 Å². The van der Waals surface area contributed by atoms with Crippen molar-refractivity contribution in [1.82, 2.24) is 5.32 Å². The monoisotopic (exact) mass is 558 g/mol. The number of hydrogen-bond acceptors (Lipinski definition) is 6. The molecule has 8 heteroatoms. The quantitative estimate of drug-likeness (QED) is 0.351. The molecule has 0 saturated heterocycles. The van der Waals surface area contributed by atoms with Gasteiger partial charge in [0.1, 0.15) is 5.75 Å². The number of allylic oxidation sites excluding steroid dienone is 3. The molecule has 3 aromatic carbocycles. The summed E-state index contributed by atoms with van der Waals surface area (Å²) in [6.07, 6.45) is 0.917. The van der Waals surface area contributed by atoms with Crippen LogP contribution in [0, 0.1) is 0 Å². The van der Waals surface area contributed by atoms with E-state index in [4.69, 9.17) is 25.8 Å². The number of rotatable bonds is 7. The molecule has 1 amide bonds. The van der Waals surface area contributed by atoms with E-state index in [0.717, 1.165) is 16.8 Å². The molecule has 206 valence electrons. The molecule has 3 aromatic rings. The van der Waals surface area contributed by atoms with Crippen molar-refractivity contribution in [3.05, 3.63) is 105 Å². The lowest BCUT2D eigenvalue weighted by Crippen LogP contribution is -2.37. The van der Waals surface area contributed by atoms with E-state index in [1.807, 2.05) is 49.4 Å². The van der Waals surface area contributed by atoms with E-state index in [-0.39, 0.29) is 17.6 Å². The summed E-state index contributed by atoms with van der Waals surface area (Å²) in [4.78, 5) is 27.8. The van der Waals surface area contributed by atoms with Crippen LogP contribution < -0.4 is 24.8 Å². The molecule has 7 nitrogen and oxygen atoms in total. The maximum atomic E-state index is 13.9. The standard InChI is InChI=1S/C32H31ClN2O5/c1-18-29(32(37)35-23-7-5-6-8-26(23)38-2)30(19-9-12-22(33)13-10-19)31-24(34-18)15-21(16-25(31)36)20-11-14-27(39-3)28(17-20)40-4/h5-14,17,21,30,34H,15-16H2,1-4H3,(H,35,37)/t21-,30-/m1/s1. The molecular weight excluding hydrogens is 528 g/mol. The summed E-state index contributed by atoms with van der Waals surface area (Å²) < 4.78 is 16.3. The largest absolute Gasteiger partial charge is 0.495 e. The van der Waals surface area contributed by atoms with E-state index in [1.54, 1.807) is 45.6 Å². The summed E-state index contributed by atoms with van der Waals surface area (Å²) in [6.45, 7) is 1.87. The van der Waals surface area contributed by atoms with Gasteiger partial charge in [0.2, 0.25) is 0 Å². The first-order valence-electron chi connectivity index (χ1n) is 13.0. The molecule has 0 saturated carbocycles. The first kappa shape index (κ1) is 27.3. The molecule has 0 fully saturated rings. The molecule has 0 radical (unpaired) electrons. The molecule has 0 unspecified atom stereocenters. The Bertz CT molecular complexity index is 1530. The molecule has 1 aliphatic carbocycles. The number of para-hydroxylation sites is 2. The van der Waals surface area contributed by atoms with Crippen LogP contribution in [0.2, 0.25) is 5.02 Å². The smallest absolute Gasteiger partial charge is 0.254 e. The molecule has 40 heavy (non-hydrogen) atoms. The van der Waals surface area contributed by atoms with E-state index in [9.17, 15) is 9.59 Å². The van der Waals surface area contributed by atoms with Gasteiger partial charge in [0.15, 0.2) is 17.3 Å². The predicted molar refractivity (Wildman–Crippen MR) is 155 cm³/mol. The minimum Gasteiger partial charge on any atom is -0.495 e. The molecule has 1 heterocycles. The number of carbonyl (C=O) groups is 2. The zero-order valence-corrected chi connectivity index (χ0v) is 23.6. The number of ether oxygens (including phenoxy) is 3. The predicted octanol–water partition coefficient (Wildman–Crippen LogP) is 6.37. The van der Waals surface area contributed by atoms with Gasteiger partial charge in [0.25, 0.3) is 5.91 Å². The van der Waals surface area contributed by atoms with Crippen LogP contribution in [0.4, 0.5) is 5.69 Å². The maximum absolute atomic E-state index is 13.9. The van der Waals surface area contributed by atoms with E-state index >= 15 is 0 Å². The number of benzene rings is 3. The molecule has 5 rings (SSSR count). The van der Waals surface area contributed by atoms with Crippen molar-refractivity contribution in [3.8, 4) is 17.2 Å². The van der Waals surface area contributed by atoms with E-state index in [0.29, 0.717) is 57.6 Å². The van der Waals surface area contributed by atoms with Crippen LogP contribution >= 0.6 is 11.6 Å². The van der Waals surface area contributed by atoms with Gasteiger partial charge < -0.3 is 24.8 Å². The van der Waals surface area contributed by atoms with Gasteiger partial charge in [-0.25, -0.2) is 0 Å². The lowest BCUT2D eigenvalue weighted by Gasteiger charge is -2.37. The van der Waals surface area contributed by atoms with Crippen LogP contribution in [-0.4, -0.2) is 33.0 Å². The molecule has 2 N–H and O–H groups in total. The normalized spacial score (nSPS) is 18.6. The van der Waals surface area contributed by atoms with Gasteiger partial charge in [-0.3, -0.25) is 9.59 Å². The highest BCUT2D eigenvalue weighted by Crippen LogP contribution is 2.46. The lowest BCUT2D eigenvalue weighted by atomic mass is 9.71. The molecule has 2 aliphatic rings. The highest BCUT2D eigenvalue weighted by molar-refractivity contribution is 6.30. The molecule has 2 atom stereocenters. The fourth-order valence-corrected chi connectivity index (χ4v) is 5.73. The number of methoxy groups -OCH3 is 3. The fourth-order valence-electron chi connectivity index (χ4n) is 5.61. The van der Waals surface area contributed by atoms with Gasteiger partial charge in [-0.15, -0.1) is 0 Å². The second-order valence-electron chi connectivity index (χ2n) is 9.84. The molecule has 1 aliphatic heterocycles. The van der Waals surface area contributed by atoms with Crippen molar-refractivity contribution in [2.45, 2.75) is 31.6 Å². The van der Waals surface area contributed by atoms with Crippen molar-refractivity contribution < 1.29 is 23.8 Å². The summed E-state index contributed by atoms with van der Waals surface area (Å²) in [5.74, 6) is 0.876. The summed E-state index contributed by atoms with van der Waals surface area (Å²) in [7, 11) is 4.75. The van der Waals surface area contributed by atoms with Gasteiger partial charge in [0.05, 0.1) is 27.0 Å². The fraction of sp³-hybridized carbons (Fsp3) is 0.250. The van der Waals surface area contributed by atoms with E-state index < -0.39 is 5.92 Å². The van der Waals surface area contributed by atoms with E-state index in [1.165, 1.54) is 0 Å². The Kier molecular flexibility index (Phi) is 7.85.